The number of nitrogens with zero attached hydrogens (tertiary/aromatic N) is 2. The Morgan fingerprint density at radius 2 is 2.00 bits per heavy atom. The molecule has 1 aliphatic rings. The van der Waals surface area contributed by atoms with Gasteiger partial charge in [0.2, 0.25) is 11.8 Å². The summed E-state index contributed by atoms with van der Waals surface area (Å²) in [6.07, 6.45) is 3.43. The first kappa shape index (κ1) is 20.7. The molecule has 1 saturated heterocycles. The van der Waals surface area contributed by atoms with Crippen LogP contribution in [0.2, 0.25) is 0 Å². The zero-order valence-electron chi connectivity index (χ0n) is 16.4. The molecule has 0 atom stereocenters. The first-order valence-electron chi connectivity index (χ1n) is 9.75. The predicted octanol–water partition coefficient (Wildman–Crippen LogP) is 1.76. The number of amides is 2. The minimum Gasteiger partial charge on any atom is -0.357 e. The quantitative estimate of drug-likeness (QED) is 0.350. The Balaban J connectivity index is 1.71. The summed E-state index contributed by atoms with van der Waals surface area (Å²) in [5.74, 6) is 1.01. The number of carbonyl (C=O) groups is 2. The van der Waals surface area contributed by atoms with E-state index in [1.807, 2.05) is 36.1 Å². The van der Waals surface area contributed by atoms with Crippen LogP contribution in [0, 0.1) is 0 Å². The highest BCUT2D eigenvalue weighted by Gasteiger charge is 2.18. The van der Waals surface area contributed by atoms with Crippen LogP contribution >= 0.6 is 0 Å². The molecule has 1 aliphatic heterocycles. The summed E-state index contributed by atoms with van der Waals surface area (Å²) in [7, 11) is 0. The Morgan fingerprint density at radius 1 is 1.22 bits per heavy atom. The van der Waals surface area contributed by atoms with E-state index in [0.29, 0.717) is 13.0 Å². The fraction of sp³-hybridized carbons (Fsp3) is 0.550. The normalized spacial score (nSPS) is 14.4. The molecule has 7 nitrogen and oxygen atoms in total. The van der Waals surface area contributed by atoms with Crippen molar-refractivity contribution in [3.05, 3.63) is 29.8 Å². The van der Waals surface area contributed by atoms with E-state index in [4.69, 9.17) is 0 Å². The van der Waals surface area contributed by atoms with Gasteiger partial charge in [0.05, 0.1) is 0 Å². The van der Waals surface area contributed by atoms with Crippen LogP contribution in [0.1, 0.15) is 38.7 Å². The number of guanidine groups is 1. The number of aliphatic imine (C=N–C) groups is 1. The molecule has 3 N–H and O–H groups in total. The van der Waals surface area contributed by atoms with Gasteiger partial charge in [-0.2, -0.15) is 0 Å². The van der Waals surface area contributed by atoms with Gasteiger partial charge in [-0.25, -0.2) is 0 Å². The molecule has 0 aromatic heterocycles. The number of benzene rings is 1. The average molecular weight is 374 g/mol. The van der Waals surface area contributed by atoms with E-state index in [0.717, 1.165) is 57.1 Å². The Hall–Kier alpha value is -2.57. The van der Waals surface area contributed by atoms with Crippen LogP contribution in [-0.4, -0.2) is 55.4 Å². The van der Waals surface area contributed by atoms with Crippen LogP contribution < -0.4 is 16.0 Å². The number of hydrogen-bond acceptors (Lipinski definition) is 3. The fourth-order valence-corrected chi connectivity index (χ4v) is 3.02. The molecular weight excluding hydrogens is 342 g/mol. The third kappa shape index (κ3) is 7.68. The summed E-state index contributed by atoms with van der Waals surface area (Å²) in [5, 5.41) is 9.36. The van der Waals surface area contributed by atoms with Gasteiger partial charge in [0.1, 0.15) is 0 Å². The van der Waals surface area contributed by atoms with E-state index in [1.165, 1.54) is 12.5 Å². The second kappa shape index (κ2) is 11.2. The lowest BCUT2D eigenvalue weighted by Gasteiger charge is -2.15. The number of anilines is 1. The van der Waals surface area contributed by atoms with Crippen molar-refractivity contribution < 1.29 is 9.59 Å². The molecular formula is C20H31N5O2. The Kier molecular flexibility index (Phi) is 8.61. The van der Waals surface area contributed by atoms with Gasteiger partial charge in [-0.3, -0.25) is 14.6 Å². The van der Waals surface area contributed by atoms with Gasteiger partial charge in [-0.1, -0.05) is 12.1 Å². The number of likely N-dealkylation sites (tertiary alicyclic amines) is 1. The Morgan fingerprint density at radius 3 is 2.63 bits per heavy atom. The van der Waals surface area contributed by atoms with Crippen LogP contribution in [0.3, 0.4) is 0 Å². The van der Waals surface area contributed by atoms with Crippen molar-refractivity contribution in [3.8, 4) is 0 Å². The lowest BCUT2D eigenvalue weighted by atomic mass is 10.1. The average Bonchev–Trinajstić information content (AvgIpc) is 3.04. The first-order chi connectivity index (χ1) is 13.1. The fourth-order valence-electron chi connectivity index (χ4n) is 3.02. The number of nitrogens with one attached hydrogen (secondary N) is 3. The lowest BCUT2D eigenvalue weighted by Crippen LogP contribution is -2.38. The number of hydrogen-bond donors (Lipinski definition) is 3. The lowest BCUT2D eigenvalue weighted by molar-refractivity contribution is -0.127. The largest absolute Gasteiger partial charge is 0.357 e. The van der Waals surface area contributed by atoms with Gasteiger partial charge in [0.25, 0.3) is 0 Å². The molecule has 1 heterocycles. The summed E-state index contributed by atoms with van der Waals surface area (Å²) in [5.41, 5.74) is 2.01. The van der Waals surface area contributed by atoms with Crippen molar-refractivity contribution in [3.63, 3.8) is 0 Å². The maximum Gasteiger partial charge on any atom is 0.222 e. The van der Waals surface area contributed by atoms with E-state index in [1.54, 1.807) is 0 Å². The van der Waals surface area contributed by atoms with E-state index < -0.39 is 0 Å². The second-order valence-electron chi connectivity index (χ2n) is 6.65. The third-order valence-electron chi connectivity index (χ3n) is 4.35. The zero-order valence-corrected chi connectivity index (χ0v) is 16.4. The van der Waals surface area contributed by atoms with Crippen molar-refractivity contribution in [2.45, 2.75) is 39.5 Å². The highest BCUT2D eigenvalue weighted by atomic mass is 16.2. The Bertz CT molecular complexity index is 642. The van der Waals surface area contributed by atoms with Gasteiger partial charge >= 0.3 is 0 Å². The minimum atomic E-state index is -0.0648. The van der Waals surface area contributed by atoms with E-state index in [-0.39, 0.29) is 11.8 Å². The zero-order chi connectivity index (χ0) is 19.5. The molecule has 1 aromatic rings. The monoisotopic (exact) mass is 373 g/mol. The van der Waals surface area contributed by atoms with Crippen molar-refractivity contribution in [2.24, 2.45) is 4.99 Å². The maximum atomic E-state index is 11.6. The summed E-state index contributed by atoms with van der Waals surface area (Å²) in [4.78, 5) is 29.2. The van der Waals surface area contributed by atoms with Gasteiger partial charge in [-0.15, -0.1) is 0 Å². The molecule has 148 valence electrons. The molecule has 0 radical (unpaired) electrons. The molecule has 2 amide bonds. The molecule has 0 saturated carbocycles. The van der Waals surface area contributed by atoms with Gasteiger partial charge in [-0.05, 0) is 43.9 Å². The molecule has 27 heavy (non-hydrogen) atoms. The highest BCUT2D eigenvalue weighted by molar-refractivity contribution is 5.88. The molecule has 1 aromatic carbocycles. The van der Waals surface area contributed by atoms with E-state index in [9.17, 15) is 9.59 Å². The second-order valence-corrected chi connectivity index (χ2v) is 6.65. The first-order valence-corrected chi connectivity index (χ1v) is 9.75. The van der Waals surface area contributed by atoms with Gasteiger partial charge in [0.15, 0.2) is 5.96 Å². The van der Waals surface area contributed by atoms with E-state index in [2.05, 4.69) is 20.9 Å². The van der Waals surface area contributed by atoms with Crippen molar-refractivity contribution >= 4 is 23.5 Å². The standard InChI is InChI=1S/C20H31N5O2/c1-3-21-20(22-12-5-15-25-14-4-6-19(25)27)23-13-11-17-7-9-18(10-8-17)24-16(2)26/h7-10H,3-6,11-15H2,1-2H3,(H,24,26)(H2,21,22,23). The predicted molar refractivity (Wildman–Crippen MR) is 109 cm³/mol. The van der Waals surface area contributed by atoms with Crippen molar-refractivity contribution in [1.29, 1.82) is 0 Å². The molecule has 0 unspecified atom stereocenters. The summed E-state index contributed by atoms with van der Waals surface area (Å²) in [6, 6.07) is 7.86. The van der Waals surface area contributed by atoms with Crippen LogP contribution in [-0.2, 0) is 16.0 Å². The topological polar surface area (TPSA) is 85.8 Å². The molecule has 2 rings (SSSR count). The van der Waals surface area contributed by atoms with Crippen LogP contribution in [0.15, 0.2) is 29.3 Å². The number of rotatable bonds is 9. The summed E-state index contributed by atoms with van der Waals surface area (Å²) < 4.78 is 0. The van der Waals surface area contributed by atoms with Gasteiger partial charge in [0, 0.05) is 51.8 Å². The van der Waals surface area contributed by atoms with Gasteiger partial charge < -0.3 is 20.9 Å². The van der Waals surface area contributed by atoms with E-state index >= 15 is 0 Å². The molecule has 0 bridgehead atoms. The molecule has 7 heteroatoms. The minimum absolute atomic E-state index is 0.0648. The highest BCUT2D eigenvalue weighted by Crippen LogP contribution is 2.10. The molecule has 0 spiro atoms. The van der Waals surface area contributed by atoms with Crippen LogP contribution in [0.4, 0.5) is 5.69 Å². The third-order valence-corrected chi connectivity index (χ3v) is 4.35. The maximum absolute atomic E-state index is 11.6. The smallest absolute Gasteiger partial charge is 0.222 e. The van der Waals surface area contributed by atoms with Crippen LogP contribution in [0.5, 0.6) is 0 Å². The van der Waals surface area contributed by atoms with Crippen LogP contribution in [0.25, 0.3) is 0 Å². The van der Waals surface area contributed by atoms with Crippen molar-refractivity contribution in [1.82, 2.24) is 15.5 Å². The Labute approximate surface area is 161 Å². The molecule has 1 fully saturated rings. The number of carbonyl (C=O) groups excluding carboxylic acids is 2. The molecule has 0 aliphatic carbocycles. The summed E-state index contributed by atoms with van der Waals surface area (Å²) >= 11 is 0. The van der Waals surface area contributed by atoms with Crippen molar-refractivity contribution in [2.75, 3.05) is 38.0 Å². The summed E-state index contributed by atoms with van der Waals surface area (Å²) in [6.45, 7) is 7.51. The SMILES string of the molecule is CCNC(=NCCCN1CCCC1=O)NCCc1ccc(NC(C)=O)cc1.